The summed E-state index contributed by atoms with van der Waals surface area (Å²) in [4.78, 5) is 0. The monoisotopic (exact) mass is 252 g/mol. The minimum absolute atomic E-state index is 0.342. The van der Waals surface area contributed by atoms with E-state index in [9.17, 15) is 4.39 Å². The van der Waals surface area contributed by atoms with Crippen LogP contribution < -0.4 is 5.59 Å². The van der Waals surface area contributed by atoms with Gasteiger partial charge in [-0.15, -0.1) is 0 Å². The average Bonchev–Trinajstić information content (AvgIpc) is 2.77. The number of hydrogen-bond donors (Lipinski definition) is 0. The van der Waals surface area contributed by atoms with Crippen LogP contribution in [0.5, 0.6) is 0 Å². The van der Waals surface area contributed by atoms with E-state index in [1.165, 1.54) is 0 Å². The number of rotatable bonds is 1. The van der Waals surface area contributed by atoms with Crippen LogP contribution in [0.3, 0.4) is 0 Å². The lowest BCUT2D eigenvalue weighted by molar-refractivity contribution is 0.00578. The lowest BCUT2D eigenvalue weighted by atomic mass is 9.85. The first-order valence-corrected chi connectivity index (χ1v) is 6.35. The Bertz CT molecular complexity index is 447. The zero-order valence-electron chi connectivity index (χ0n) is 11.2. The lowest BCUT2D eigenvalue weighted by Gasteiger charge is -2.32. The smallest absolute Gasteiger partial charge is 0.398 e. The second-order valence-electron chi connectivity index (χ2n) is 6.13. The summed E-state index contributed by atoms with van der Waals surface area (Å²) in [5.41, 5.74) is 0.936. The molecule has 2 aliphatic heterocycles. The Kier molecular flexibility index (Phi) is 2.42. The van der Waals surface area contributed by atoms with Crippen LogP contribution in [0.25, 0.3) is 0 Å². The fraction of sp³-hybridized carbons (Fsp3) is 0.750. The van der Waals surface area contributed by atoms with Gasteiger partial charge in [0.15, 0.2) is 0 Å². The van der Waals surface area contributed by atoms with Crippen molar-refractivity contribution in [3.63, 3.8) is 0 Å². The highest BCUT2D eigenvalue weighted by Crippen LogP contribution is 2.36. The molecule has 3 heterocycles. The molecule has 6 heteroatoms. The van der Waals surface area contributed by atoms with Gasteiger partial charge in [-0.3, -0.25) is 4.68 Å². The molecule has 2 aliphatic rings. The number of alkyl halides is 1. The van der Waals surface area contributed by atoms with Gasteiger partial charge in [-0.05, 0) is 33.8 Å². The van der Waals surface area contributed by atoms with Crippen LogP contribution in [-0.2, 0) is 22.3 Å². The van der Waals surface area contributed by atoms with E-state index in [2.05, 4.69) is 5.10 Å². The molecule has 0 aliphatic carbocycles. The number of aromatic nitrogens is 2. The summed E-state index contributed by atoms with van der Waals surface area (Å²) in [5, 5.41) is 4.38. The third-order valence-electron chi connectivity index (χ3n) is 4.18. The van der Waals surface area contributed by atoms with E-state index in [4.69, 9.17) is 9.31 Å². The number of hydrogen-bond acceptors (Lipinski definition) is 3. The molecular formula is C12H18BFN2O2. The molecule has 1 saturated heterocycles. The Hall–Kier alpha value is -0.875. The molecule has 1 aromatic heterocycles. The predicted molar refractivity (Wildman–Crippen MR) is 66.5 cm³/mol. The van der Waals surface area contributed by atoms with Gasteiger partial charge in [0, 0.05) is 12.1 Å². The van der Waals surface area contributed by atoms with Crippen LogP contribution in [0, 0.1) is 0 Å². The summed E-state index contributed by atoms with van der Waals surface area (Å²) >= 11 is 0. The zero-order valence-corrected chi connectivity index (χ0v) is 11.2. The largest absolute Gasteiger partial charge is 0.516 e. The van der Waals surface area contributed by atoms with Crippen molar-refractivity contribution < 1.29 is 13.7 Å². The Balaban J connectivity index is 1.84. The van der Waals surface area contributed by atoms with Gasteiger partial charge in [0.25, 0.3) is 0 Å². The summed E-state index contributed by atoms with van der Waals surface area (Å²) in [6, 6.07) is 1.89. The minimum Gasteiger partial charge on any atom is -0.398 e. The van der Waals surface area contributed by atoms with E-state index in [0.29, 0.717) is 13.0 Å². The maximum atomic E-state index is 13.2. The van der Waals surface area contributed by atoms with E-state index >= 15 is 0 Å². The molecule has 0 aromatic carbocycles. The molecule has 1 aromatic rings. The molecule has 0 N–H and O–H groups in total. The summed E-state index contributed by atoms with van der Waals surface area (Å²) < 4.78 is 26.7. The summed E-state index contributed by atoms with van der Waals surface area (Å²) in [5.74, 6) is 0. The first kappa shape index (κ1) is 12.2. The Labute approximate surface area is 107 Å². The van der Waals surface area contributed by atoms with Gasteiger partial charge in [-0.1, -0.05) is 0 Å². The van der Waals surface area contributed by atoms with Crippen LogP contribution in [0.4, 0.5) is 4.39 Å². The SMILES string of the molecule is CC1(C)OB(c2cc3n(n2)CC(F)C3)OC1(C)C. The Morgan fingerprint density at radius 2 is 1.94 bits per heavy atom. The fourth-order valence-corrected chi connectivity index (χ4v) is 2.36. The highest BCUT2D eigenvalue weighted by Gasteiger charge is 2.53. The van der Waals surface area contributed by atoms with Crippen molar-refractivity contribution in [2.45, 2.75) is 58.0 Å². The predicted octanol–water partition coefficient (Wildman–Crippen LogP) is 1.08. The quantitative estimate of drug-likeness (QED) is 0.701. The van der Waals surface area contributed by atoms with E-state index in [1.54, 1.807) is 4.68 Å². The molecule has 4 nitrogen and oxygen atoms in total. The van der Waals surface area contributed by atoms with Gasteiger partial charge in [0.05, 0.1) is 23.3 Å². The molecule has 1 atom stereocenters. The molecule has 0 spiro atoms. The van der Waals surface area contributed by atoms with Crippen molar-refractivity contribution in [2.24, 2.45) is 0 Å². The molecule has 0 amide bonds. The van der Waals surface area contributed by atoms with Gasteiger partial charge < -0.3 is 9.31 Å². The van der Waals surface area contributed by atoms with Crippen LogP contribution in [0.15, 0.2) is 6.07 Å². The van der Waals surface area contributed by atoms with Crippen molar-refractivity contribution >= 4 is 12.7 Å². The van der Waals surface area contributed by atoms with E-state index in [1.807, 2.05) is 33.8 Å². The number of halogens is 1. The maximum absolute atomic E-state index is 13.2. The first-order chi connectivity index (χ1) is 8.28. The zero-order chi connectivity index (χ0) is 13.1. The van der Waals surface area contributed by atoms with Crippen LogP contribution in [0.1, 0.15) is 33.4 Å². The topological polar surface area (TPSA) is 36.3 Å². The highest BCUT2D eigenvalue weighted by molar-refractivity contribution is 6.61. The molecule has 3 rings (SSSR count). The fourth-order valence-electron chi connectivity index (χ4n) is 2.36. The average molecular weight is 252 g/mol. The number of nitrogens with zero attached hydrogens (tertiary/aromatic N) is 2. The van der Waals surface area contributed by atoms with Gasteiger partial charge in [0.2, 0.25) is 0 Å². The summed E-state index contributed by atoms with van der Waals surface area (Å²) in [6.45, 7) is 8.38. The molecule has 0 radical (unpaired) electrons. The van der Waals surface area contributed by atoms with Gasteiger partial charge >= 0.3 is 7.12 Å². The maximum Gasteiger partial charge on any atom is 0.516 e. The van der Waals surface area contributed by atoms with E-state index < -0.39 is 13.3 Å². The molecule has 98 valence electrons. The van der Waals surface area contributed by atoms with Crippen molar-refractivity contribution in [1.82, 2.24) is 9.78 Å². The van der Waals surface area contributed by atoms with Gasteiger partial charge in [-0.25, -0.2) is 4.39 Å². The normalized spacial score (nSPS) is 28.7. The Morgan fingerprint density at radius 3 is 2.50 bits per heavy atom. The van der Waals surface area contributed by atoms with Crippen LogP contribution >= 0.6 is 0 Å². The molecule has 0 saturated carbocycles. The first-order valence-electron chi connectivity index (χ1n) is 6.35. The van der Waals surface area contributed by atoms with Crippen molar-refractivity contribution in [2.75, 3.05) is 0 Å². The molecule has 18 heavy (non-hydrogen) atoms. The van der Waals surface area contributed by atoms with Gasteiger partial charge in [0.1, 0.15) is 6.17 Å². The van der Waals surface area contributed by atoms with Crippen LogP contribution in [-0.4, -0.2) is 34.3 Å². The van der Waals surface area contributed by atoms with Crippen molar-refractivity contribution in [3.05, 3.63) is 11.8 Å². The lowest BCUT2D eigenvalue weighted by Crippen LogP contribution is -2.41. The third-order valence-corrected chi connectivity index (χ3v) is 4.18. The van der Waals surface area contributed by atoms with Crippen molar-refractivity contribution in [1.29, 1.82) is 0 Å². The molecule has 1 fully saturated rings. The van der Waals surface area contributed by atoms with E-state index in [0.717, 1.165) is 11.3 Å². The second-order valence-corrected chi connectivity index (χ2v) is 6.13. The molecule has 0 bridgehead atoms. The molecular weight excluding hydrogens is 234 g/mol. The summed E-state index contributed by atoms with van der Waals surface area (Å²) in [7, 11) is -0.453. The highest BCUT2D eigenvalue weighted by atomic mass is 19.1. The van der Waals surface area contributed by atoms with Crippen LogP contribution in [0.2, 0.25) is 0 Å². The van der Waals surface area contributed by atoms with E-state index in [-0.39, 0.29) is 11.2 Å². The van der Waals surface area contributed by atoms with Crippen molar-refractivity contribution in [3.8, 4) is 0 Å². The van der Waals surface area contributed by atoms with Gasteiger partial charge in [-0.2, -0.15) is 5.10 Å². The summed E-state index contributed by atoms with van der Waals surface area (Å²) in [6.07, 6.45) is -0.369. The minimum atomic E-state index is -0.806. The number of fused-ring (bicyclic) bond motifs is 1. The second kappa shape index (κ2) is 3.57. The third kappa shape index (κ3) is 1.70. The molecule has 1 unspecified atom stereocenters. The Morgan fingerprint density at radius 1 is 1.33 bits per heavy atom. The standard InChI is InChI=1S/C12H18BFN2O2/c1-11(2)12(3,4)18-13(17-11)10-6-9-5-8(14)7-16(9)15-10/h6,8H,5,7H2,1-4H3.